The van der Waals surface area contributed by atoms with Crippen molar-refractivity contribution in [2.24, 2.45) is 0 Å². The van der Waals surface area contributed by atoms with Gasteiger partial charge in [-0.1, -0.05) is 0 Å². The lowest BCUT2D eigenvalue weighted by atomic mass is 10.4. The summed E-state index contributed by atoms with van der Waals surface area (Å²) in [7, 11) is 0. The van der Waals surface area contributed by atoms with Gasteiger partial charge in [0.05, 0.1) is 5.69 Å². The monoisotopic (exact) mass is 124 g/mol. The van der Waals surface area contributed by atoms with Crippen LogP contribution in [0.15, 0.2) is 6.07 Å². The topological polar surface area (TPSA) is 17.8 Å². The van der Waals surface area contributed by atoms with E-state index >= 15 is 0 Å². The normalized spacial score (nSPS) is 10.1. The van der Waals surface area contributed by atoms with Gasteiger partial charge < -0.3 is 0 Å². The predicted octanol–water partition coefficient (Wildman–Crippen LogP) is 1.52. The molecule has 0 saturated carbocycles. The summed E-state index contributed by atoms with van der Waals surface area (Å²) in [6.45, 7) is 7.15. The summed E-state index contributed by atoms with van der Waals surface area (Å²) in [6, 6.07) is 2.09. The van der Waals surface area contributed by atoms with Crippen LogP contribution in [-0.4, -0.2) is 9.78 Å². The average molecular weight is 124 g/mol. The van der Waals surface area contributed by atoms with E-state index in [4.69, 9.17) is 0 Å². The molecule has 0 saturated heterocycles. The lowest BCUT2D eigenvalue weighted by Gasteiger charge is -1.95. The number of nitrogens with zero attached hydrogens (tertiary/aromatic N) is 2. The van der Waals surface area contributed by atoms with Crippen LogP contribution < -0.4 is 0 Å². The highest BCUT2D eigenvalue weighted by molar-refractivity contribution is 5.06. The average Bonchev–Trinajstić information content (AvgIpc) is 2.10. The lowest BCUT2D eigenvalue weighted by molar-refractivity contribution is 0.634. The minimum atomic E-state index is 0.972. The Balaban J connectivity index is 3.01. The van der Waals surface area contributed by atoms with E-state index in [-0.39, 0.29) is 0 Å². The summed E-state index contributed by atoms with van der Waals surface area (Å²) in [5.74, 6) is 0. The second-order valence-electron chi connectivity index (χ2n) is 2.24. The maximum atomic E-state index is 4.25. The summed E-state index contributed by atoms with van der Waals surface area (Å²) >= 11 is 0. The molecule has 1 rings (SSSR count). The van der Waals surface area contributed by atoms with E-state index in [1.165, 1.54) is 5.69 Å². The molecule has 0 bridgehead atoms. The number of hydrogen-bond acceptors (Lipinski definition) is 1. The molecule has 2 heteroatoms. The van der Waals surface area contributed by atoms with Crippen molar-refractivity contribution in [3.8, 4) is 0 Å². The Morgan fingerprint density at radius 3 is 2.44 bits per heavy atom. The van der Waals surface area contributed by atoms with E-state index in [2.05, 4.69) is 25.0 Å². The van der Waals surface area contributed by atoms with Crippen LogP contribution in [0, 0.1) is 13.8 Å². The molecule has 0 radical (unpaired) electrons. The molecular formula is C7H12N2. The zero-order valence-electron chi connectivity index (χ0n) is 6.18. The van der Waals surface area contributed by atoms with Crippen molar-refractivity contribution in [1.29, 1.82) is 0 Å². The highest BCUT2D eigenvalue weighted by Crippen LogP contribution is 1.99. The molecule has 50 valence electrons. The van der Waals surface area contributed by atoms with Crippen molar-refractivity contribution in [3.05, 3.63) is 17.5 Å². The second-order valence-corrected chi connectivity index (χ2v) is 2.24. The zero-order chi connectivity index (χ0) is 6.85. The Hall–Kier alpha value is -0.790. The van der Waals surface area contributed by atoms with Crippen LogP contribution >= 0.6 is 0 Å². The van der Waals surface area contributed by atoms with Gasteiger partial charge in [-0.05, 0) is 26.8 Å². The second kappa shape index (κ2) is 2.21. The highest BCUT2D eigenvalue weighted by atomic mass is 15.3. The molecule has 0 aliphatic rings. The van der Waals surface area contributed by atoms with Crippen LogP contribution in [0.5, 0.6) is 0 Å². The SMILES string of the molecule is CCn1nc(C)cc1C. The number of rotatable bonds is 1. The standard InChI is InChI=1S/C7H12N2/c1-4-9-7(3)5-6(2)8-9/h5H,4H2,1-3H3. The molecule has 0 atom stereocenters. The smallest absolute Gasteiger partial charge is 0.0596 e. The maximum absolute atomic E-state index is 4.25. The molecule has 2 nitrogen and oxygen atoms in total. The van der Waals surface area contributed by atoms with Gasteiger partial charge in [0.15, 0.2) is 0 Å². The van der Waals surface area contributed by atoms with E-state index in [9.17, 15) is 0 Å². The van der Waals surface area contributed by atoms with Crippen molar-refractivity contribution < 1.29 is 0 Å². The predicted molar refractivity (Wildman–Crippen MR) is 37.4 cm³/mol. The Labute approximate surface area is 55.5 Å². The molecular weight excluding hydrogens is 112 g/mol. The minimum absolute atomic E-state index is 0.972. The molecule has 1 aromatic rings. The molecule has 0 aliphatic heterocycles. The number of aromatic nitrogens is 2. The third-order valence-electron chi connectivity index (χ3n) is 1.40. The van der Waals surface area contributed by atoms with E-state index in [1.54, 1.807) is 0 Å². The summed E-state index contributed by atoms with van der Waals surface area (Å²) in [6.07, 6.45) is 0. The fourth-order valence-corrected chi connectivity index (χ4v) is 0.995. The van der Waals surface area contributed by atoms with Crippen molar-refractivity contribution in [2.45, 2.75) is 27.3 Å². The first-order valence-electron chi connectivity index (χ1n) is 3.25. The molecule has 1 aromatic heterocycles. The van der Waals surface area contributed by atoms with Crippen LogP contribution in [0.3, 0.4) is 0 Å². The van der Waals surface area contributed by atoms with E-state index in [0.717, 1.165) is 12.2 Å². The molecule has 9 heavy (non-hydrogen) atoms. The summed E-state index contributed by atoms with van der Waals surface area (Å²) in [5.41, 5.74) is 2.35. The van der Waals surface area contributed by atoms with E-state index in [0.29, 0.717) is 0 Å². The third-order valence-corrected chi connectivity index (χ3v) is 1.40. The van der Waals surface area contributed by atoms with E-state index in [1.807, 2.05) is 11.6 Å². The van der Waals surface area contributed by atoms with Gasteiger partial charge in [-0.15, -0.1) is 0 Å². The first kappa shape index (κ1) is 6.33. The lowest BCUT2D eigenvalue weighted by Crippen LogP contribution is -1.97. The third kappa shape index (κ3) is 1.12. The molecule has 0 aliphatic carbocycles. The van der Waals surface area contributed by atoms with Gasteiger partial charge in [0.1, 0.15) is 0 Å². The van der Waals surface area contributed by atoms with Gasteiger partial charge in [0, 0.05) is 12.2 Å². The van der Waals surface area contributed by atoms with E-state index < -0.39 is 0 Å². The largest absolute Gasteiger partial charge is 0.270 e. The summed E-state index contributed by atoms with van der Waals surface area (Å²) in [4.78, 5) is 0. The quantitative estimate of drug-likeness (QED) is 0.555. The Morgan fingerprint density at radius 2 is 2.22 bits per heavy atom. The summed E-state index contributed by atoms with van der Waals surface area (Å²) < 4.78 is 2.00. The molecule has 0 fully saturated rings. The summed E-state index contributed by atoms with van der Waals surface area (Å²) in [5, 5.41) is 4.25. The fraction of sp³-hybridized carbons (Fsp3) is 0.571. The highest BCUT2D eigenvalue weighted by Gasteiger charge is 1.95. The van der Waals surface area contributed by atoms with Crippen molar-refractivity contribution in [1.82, 2.24) is 9.78 Å². The van der Waals surface area contributed by atoms with Gasteiger partial charge in [-0.3, -0.25) is 4.68 Å². The first-order valence-corrected chi connectivity index (χ1v) is 3.25. The molecule has 1 heterocycles. The van der Waals surface area contributed by atoms with Gasteiger partial charge in [-0.2, -0.15) is 5.10 Å². The molecule has 0 amide bonds. The first-order chi connectivity index (χ1) is 4.24. The Kier molecular flexibility index (Phi) is 1.56. The van der Waals surface area contributed by atoms with Gasteiger partial charge >= 0.3 is 0 Å². The molecule has 0 N–H and O–H groups in total. The van der Waals surface area contributed by atoms with Crippen molar-refractivity contribution >= 4 is 0 Å². The maximum Gasteiger partial charge on any atom is 0.0596 e. The van der Waals surface area contributed by atoms with Gasteiger partial charge in [-0.25, -0.2) is 0 Å². The minimum Gasteiger partial charge on any atom is -0.270 e. The van der Waals surface area contributed by atoms with Crippen molar-refractivity contribution in [3.63, 3.8) is 0 Å². The Bertz CT molecular complexity index is 201. The number of hydrogen-bond donors (Lipinski definition) is 0. The molecule has 0 spiro atoms. The van der Waals surface area contributed by atoms with Crippen molar-refractivity contribution in [2.75, 3.05) is 0 Å². The zero-order valence-corrected chi connectivity index (χ0v) is 6.18. The van der Waals surface area contributed by atoms with Gasteiger partial charge in [0.25, 0.3) is 0 Å². The number of aryl methyl sites for hydroxylation is 3. The Morgan fingerprint density at radius 1 is 1.56 bits per heavy atom. The fourth-order valence-electron chi connectivity index (χ4n) is 0.995. The van der Waals surface area contributed by atoms with Crippen LogP contribution in [0.2, 0.25) is 0 Å². The van der Waals surface area contributed by atoms with Crippen LogP contribution in [0.25, 0.3) is 0 Å². The van der Waals surface area contributed by atoms with Crippen LogP contribution in [0.4, 0.5) is 0 Å². The van der Waals surface area contributed by atoms with Gasteiger partial charge in [0.2, 0.25) is 0 Å². The van der Waals surface area contributed by atoms with Crippen LogP contribution in [-0.2, 0) is 6.54 Å². The molecule has 0 aromatic carbocycles. The molecule has 0 unspecified atom stereocenters. The van der Waals surface area contributed by atoms with Crippen LogP contribution in [0.1, 0.15) is 18.3 Å².